The van der Waals surface area contributed by atoms with E-state index < -0.39 is 5.97 Å². The lowest BCUT2D eigenvalue weighted by Gasteiger charge is -2.17. The van der Waals surface area contributed by atoms with E-state index in [2.05, 4.69) is 0 Å². The number of hydrogen-bond acceptors (Lipinski definition) is 2. The second-order valence-corrected chi connectivity index (χ2v) is 5.44. The molecule has 1 fully saturated rings. The van der Waals surface area contributed by atoms with Gasteiger partial charge in [-0.1, -0.05) is 32.1 Å². The van der Waals surface area contributed by atoms with Crippen molar-refractivity contribution in [3.05, 3.63) is 23.5 Å². The average Bonchev–Trinajstić information content (AvgIpc) is 2.70. The van der Waals surface area contributed by atoms with Gasteiger partial charge in [-0.25, -0.2) is 4.79 Å². The van der Waals surface area contributed by atoms with Gasteiger partial charge >= 0.3 is 5.97 Å². The number of nitrogens with zero attached hydrogens (tertiary/aromatic N) is 1. The Morgan fingerprint density at radius 2 is 1.74 bits per heavy atom. The predicted octanol–water partition coefficient (Wildman–Crippen LogP) is 3.27. The molecule has 0 radical (unpaired) electrons. The summed E-state index contributed by atoms with van der Waals surface area (Å²) in [6.45, 7) is 0. The van der Waals surface area contributed by atoms with E-state index in [-0.39, 0.29) is 17.4 Å². The number of Topliss-reactive ketones (excluding diaryl/α,β-unsaturated/α-hetero) is 1. The number of hydrogen-bond donors (Lipinski definition) is 1. The molecule has 4 nitrogen and oxygen atoms in total. The van der Waals surface area contributed by atoms with E-state index >= 15 is 0 Å². The third kappa shape index (κ3) is 3.25. The number of rotatable bonds is 3. The SMILES string of the molecule is Cn1cc(C(=O)C2CCCCCCC2)cc1C(=O)O. The lowest BCUT2D eigenvalue weighted by molar-refractivity contribution is 0.0686. The van der Waals surface area contributed by atoms with Crippen LogP contribution < -0.4 is 0 Å². The largest absolute Gasteiger partial charge is 0.477 e. The number of aromatic carboxylic acids is 1. The van der Waals surface area contributed by atoms with Crippen LogP contribution in [-0.2, 0) is 7.05 Å². The van der Waals surface area contributed by atoms with Crippen molar-refractivity contribution in [3.8, 4) is 0 Å². The Labute approximate surface area is 113 Å². The van der Waals surface area contributed by atoms with Gasteiger partial charge < -0.3 is 9.67 Å². The monoisotopic (exact) mass is 263 g/mol. The van der Waals surface area contributed by atoms with Gasteiger partial charge in [-0.15, -0.1) is 0 Å². The standard InChI is InChI=1S/C15H21NO3/c1-16-10-12(9-13(16)15(18)19)14(17)11-7-5-3-2-4-6-8-11/h9-11H,2-8H2,1H3,(H,18,19). The molecule has 1 heterocycles. The van der Waals surface area contributed by atoms with Crippen molar-refractivity contribution >= 4 is 11.8 Å². The Kier molecular flexibility index (Phi) is 4.40. The molecule has 0 amide bonds. The zero-order chi connectivity index (χ0) is 13.8. The summed E-state index contributed by atoms with van der Waals surface area (Å²) < 4.78 is 1.51. The minimum absolute atomic E-state index is 0.0735. The highest BCUT2D eigenvalue weighted by Crippen LogP contribution is 2.26. The molecule has 1 aliphatic carbocycles. The molecule has 1 aromatic heterocycles. The molecular formula is C15H21NO3. The van der Waals surface area contributed by atoms with Crippen LogP contribution in [0.4, 0.5) is 0 Å². The van der Waals surface area contributed by atoms with E-state index in [9.17, 15) is 9.59 Å². The molecule has 0 spiro atoms. The van der Waals surface area contributed by atoms with E-state index in [0.717, 1.165) is 25.7 Å². The van der Waals surface area contributed by atoms with Gasteiger partial charge in [0, 0.05) is 24.7 Å². The van der Waals surface area contributed by atoms with E-state index in [4.69, 9.17) is 5.11 Å². The van der Waals surface area contributed by atoms with Crippen molar-refractivity contribution in [2.24, 2.45) is 13.0 Å². The molecule has 1 aromatic rings. The van der Waals surface area contributed by atoms with E-state index in [1.54, 1.807) is 13.2 Å². The molecule has 0 aliphatic heterocycles. The Morgan fingerprint density at radius 3 is 2.26 bits per heavy atom. The van der Waals surface area contributed by atoms with Crippen molar-refractivity contribution in [1.29, 1.82) is 0 Å². The van der Waals surface area contributed by atoms with Crippen LogP contribution >= 0.6 is 0 Å². The normalized spacial score (nSPS) is 17.7. The molecule has 4 heteroatoms. The topological polar surface area (TPSA) is 59.3 Å². The lowest BCUT2D eigenvalue weighted by atomic mass is 9.86. The number of carboxylic acid groups (broad SMARTS) is 1. The Bertz CT molecular complexity index is 468. The molecular weight excluding hydrogens is 242 g/mol. The highest BCUT2D eigenvalue weighted by molar-refractivity contribution is 6.00. The van der Waals surface area contributed by atoms with Crippen LogP contribution in [0.2, 0.25) is 0 Å². The molecule has 1 N–H and O–H groups in total. The zero-order valence-corrected chi connectivity index (χ0v) is 11.4. The first-order valence-corrected chi connectivity index (χ1v) is 7.03. The predicted molar refractivity (Wildman–Crippen MR) is 72.5 cm³/mol. The van der Waals surface area contributed by atoms with Crippen LogP contribution in [0.15, 0.2) is 12.3 Å². The maximum absolute atomic E-state index is 12.4. The summed E-state index contributed by atoms with van der Waals surface area (Å²) in [7, 11) is 1.67. The first-order chi connectivity index (χ1) is 9.09. The Balaban J connectivity index is 2.13. The molecule has 0 bridgehead atoms. The van der Waals surface area contributed by atoms with Gasteiger partial charge in [-0.3, -0.25) is 4.79 Å². The van der Waals surface area contributed by atoms with Crippen LogP contribution in [0.5, 0.6) is 0 Å². The van der Waals surface area contributed by atoms with Crippen LogP contribution in [0.3, 0.4) is 0 Å². The van der Waals surface area contributed by atoms with Crippen molar-refractivity contribution in [2.75, 3.05) is 0 Å². The molecule has 2 rings (SSSR count). The fourth-order valence-corrected chi connectivity index (χ4v) is 2.87. The van der Waals surface area contributed by atoms with Crippen LogP contribution in [0.25, 0.3) is 0 Å². The summed E-state index contributed by atoms with van der Waals surface area (Å²) in [6.07, 6.45) is 9.42. The van der Waals surface area contributed by atoms with Gasteiger partial charge in [-0.2, -0.15) is 0 Å². The summed E-state index contributed by atoms with van der Waals surface area (Å²) in [4.78, 5) is 23.4. The second-order valence-electron chi connectivity index (χ2n) is 5.44. The summed E-state index contributed by atoms with van der Waals surface area (Å²) in [6, 6.07) is 1.50. The molecule has 1 saturated carbocycles. The molecule has 104 valence electrons. The third-order valence-corrected chi connectivity index (χ3v) is 3.98. The summed E-state index contributed by atoms with van der Waals surface area (Å²) in [5.74, 6) is -0.798. The second kappa shape index (κ2) is 6.04. The fourth-order valence-electron chi connectivity index (χ4n) is 2.87. The number of ketones is 1. The van der Waals surface area contributed by atoms with Crippen molar-refractivity contribution in [1.82, 2.24) is 4.57 Å². The zero-order valence-electron chi connectivity index (χ0n) is 11.4. The van der Waals surface area contributed by atoms with E-state index in [1.807, 2.05) is 0 Å². The molecule has 0 atom stereocenters. The van der Waals surface area contributed by atoms with Gasteiger partial charge in [-0.05, 0) is 18.9 Å². The minimum Gasteiger partial charge on any atom is -0.477 e. The number of aromatic nitrogens is 1. The Morgan fingerprint density at radius 1 is 1.16 bits per heavy atom. The van der Waals surface area contributed by atoms with Crippen LogP contribution in [0.1, 0.15) is 65.8 Å². The molecule has 0 saturated heterocycles. The molecule has 19 heavy (non-hydrogen) atoms. The maximum atomic E-state index is 12.4. The van der Waals surface area contributed by atoms with Crippen molar-refractivity contribution in [2.45, 2.75) is 44.9 Å². The maximum Gasteiger partial charge on any atom is 0.352 e. The first-order valence-electron chi connectivity index (χ1n) is 7.03. The number of carbonyl (C=O) groups is 2. The number of carbonyl (C=O) groups excluding carboxylic acids is 1. The third-order valence-electron chi connectivity index (χ3n) is 3.98. The molecule has 0 aromatic carbocycles. The summed E-state index contributed by atoms with van der Waals surface area (Å²) >= 11 is 0. The van der Waals surface area contributed by atoms with Gasteiger partial charge in [0.25, 0.3) is 0 Å². The van der Waals surface area contributed by atoms with E-state index in [0.29, 0.717) is 5.56 Å². The average molecular weight is 263 g/mol. The Hall–Kier alpha value is -1.58. The lowest BCUT2D eigenvalue weighted by Crippen LogP contribution is -2.15. The van der Waals surface area contributed by atoms with Gasteiger partial charge in [0.15, 0.2) is 5.78 Å². The van der Waals surface area contributed by atoms with Gasteiger partial charge in [0.1, 0.15) is 5.69 Å². The van der Waals surface area contributed by atoms with Crippen LogP contribution in [-0.4, -0.2) is 21.4 Å². The van der Waals surface area contributed by atoms with Crippen LogP contribution in [0, 0.1) is 5.92 Å². The molecule has 1 aliphatic rings. The number of carboxylic acids is 1. The smallest absolute Gasteiger partial charge is 0.352 e. The molecule has 0 unspecified atom stereocenters. The van der Waals surface area contributed by atoms with Gasteiger partial charge in [0.05, 0.1) is 0 Å². The highest BCUT2D eigenvalue weighted by atomic mass is 16.4. The fraction of sp³-hybridized carbons (Fsp3) is 0.600. The van der Waals surface area contributed by atoms with Gasteiger partial charge in [0.2, 0.25) is 0 Å². The quantitative estimate of drug-likeness (QED) is 0.851. The number of aryl methyl sites for hydroxylation is 1. The highest BCUT2D eigenvalue weighted by Gasteiger charge is 2.23. The minimum atomic E-state index is -0.987. The summed E-state index contributed by atoms with van der Waals surface area (Å²) in [5.41, 5.74) is 0.722. The van der Waals surface area contributed by atoms with Crippen molar-refractivity contribution in [3.63, 3.8) is 0 Å². The van der Waals surface area contributed by atoms with E-state index in [1.165, 1.54) is 29.9 Å². The summed E-state index contributed by atoms with van der Waals surface area (Å²) in [5, 5.41) is 9.02. The van der Waals surface area contributed by atoms with Crippen molar-refractivity contribution < 1.29 is 14.7 Å². The first kappa shape index (κ1) is 13.8.